The SMILES string of the molecule is Nc1nccn2c(N3CCC4(CC3)CN(CCOCCOCCOc3ccc5c(c3)CN(C3CCC(=O)NC3=O)C5=O)C4)nc(-c3ccc(C(=O)Nc4cc(Cl)ccn4)cc3F)c12. The normalized spacial score (nSPS) is 18.4. The summed E-state index contributed by atoms with van der Waals surface area (Å²) in [4.78, 5) is 69.0. The van der Waals surface area contributed by atoms with E-state index in [1.54, 1.807) is 30.6 Å². The standard InChI is InChI=1S/C44H46ClFN10O7/c45-29-7-10-48-35(23-29)50-40(58)27-1-3-32(33(46)22-27)37-38-39(47)49-11-14-55(38)43(52-37)54-12-8-44(9-13-54)25-53(26-44)15-16-61-17-18-62-19-20-63-30-2-4-31-28(21-30)24-56(42(31)60)34-5-6-36(57)51-41(34)59/h1-4,7,10-11,14,21-23,34H,5-6,8-9,12-13,15-20,24-26H2,(H2,47,49)(H,48,50,58)(H,51,57,59). The van der Waals surface area contributed by atoms with Gasteiger partial charge in [-0.3, -0.25) is 33.8 Å². The number of pyridine rings is 1. The Morgan fingerprint density at radius 2 is 1.73 bits per heavy atom. The van der Waals surface area contributed by atoms with Crippen molar-refractivity contribution in [3.63, 3.8) is 0 Å². The molecule has 1 atom stereocenters. The maximum Gasteiger partial charge on any atom is 0.256 e. The van der Waals surface area contributed by atoms with Crippen LogP contribution in [0.2, 0.25) is 5.02 Å². The number of amides is 4. The second-order valence-electron chi connectivity index (χ2n) is 16.3. The van der Waals surface area contributed by atoms with Crippen molar-refractivity contribution in [2.24, 2.45) is 5.41 Å². The Hall–Kier alpha value is -6.21. The number of aromatic nitrogens is 4. The molecule has 19 heteroatoms. The highest BCUT2D eigenvalue weighted by Gasteiger charge is 2.45. The fourth-order valence-corrected chi connectivity index (χ4v) is 9.06. The first kappa shape index (κ1) is 42.1. The number of nitrogens with one attached hydrogen (secondary N) is 2. The molecule has 1 spiro atoms. The van der Waals surface area contributed by atoms with E-state index in [0.29, 0.717) is 79.5 Å². The van der Waals surface area contributed by atoms with E-state index in [0.717, 1.165) is 51.1 Å². The monoisotopic (exact) mass is 880 g/mol. The Bertz CT molecular complexity index is 2580. The van der Waals surface area contributed by atoms with E-state index in [-0.39, 0.29) is 46.4 Å². The Balaban J connectivity index is 0.688. The number of hydrogen-bond acceptors (Lipinski definition) is 13. The number of benzene rings is 2. The van der Waals surface area contributed by atoms with Crippen molar-refractivity contribution in [3.05, 3.63) is 94.7 Å². The molecule has 4 aliphatic heterocycles. The van der Waals surface area contributed by atoms with E-state index in [1.165, 1.54) is 35.4 Å². The molecule has 3 saturated heterocycles. The van der Waals surface area contributed by atoms with Crippen LogP contribution in [0.3, 0.4) is 0 Å². The minimum Gasteiger partial charge on any atom is -0.491 e. The number of nitrogens with two attached hydrogens (primary N) is 1. The van der Waals surface area contributed by atoms with E-state index >= 15 is 4.39 Å². The number of imide groups is 1. The van der Waals surface area contributed by atoms with Crippen LogP contribution in [-0.4, -0.2) is 125 Å². The fraction of sp³-hybridized carbons (Fsp3) is 0.386. The quantitative estimate of drug-likeness (QED) is 0.100. The summed E-state index contributed by atoms with van der Waals surface area (Å²) in [6, 6.07) is 11.9. The summed E-state index contributed by atoms with van der Waals surface area (Å²) in [6.45, 7) is 6.89. The number of likely N-dealkylation sites (tertiary alicyclic amines) is 1. The highest BCUT2D eigenvalue weighted by atomic mass is 35.5. The molecule has 3 aromatic heterocycles. The van der Waals surface area contributed by atoms with Gasteiger partial charge in [0.1, 0.15) is 47.1 Å². The van der Waals surface area contributed by atoms with Crippen LogP contribution >= 0.6 is 11.6 Å². The van der Waals surface area contributed by atoms with Gasteiger partial charge in [-0.15, -0.1) is 0 Å². The molecule has 4 aliphatic rings. The largest absolute Gasteiger partial charge is 0.491 e. The van der Waals surface area contributed by atoms with Crippen molar-refractivity contribution in [1.82, 2.24) is 34.5 Å². The number of nitrogens with zero attached hydrogens (tertiary/aromatic N) is 7. The molecule has 0 radical (unpaired) electrons. The van der Waals surface area contributed by atoms with Gasteiger partial charge < -0.3 is 35.1 Å². The van der Waals surface area contributed by atoms with Crippen LogP contribution in [0, 0.1) is 11.2 Å². The Kier molecular flexibility index (Phi) is 11.9. The summed E-state index contributed by atoms with van der Waals surface area (Å²) < 4.78 is 35.0. The molecular formula is C44H46ClFN10O7. The van der Waals surface area contributed by atoms with Crippen LogP contribution < -0.4 is 26.0 Å². The minimum atomic E-state index is -0.654. The summed E-state index contributed by atoms with van der Waals surface area (Å²) in [5.74, 6) is -0.360. The lowest BCUT2D eigenvalue weighted by Gasteiger charge is -2.54. The van der Waals surface area contributed by atoms with Crippen LogP contribution in [0.4, 0.5) is 22.0 Å². The van der Waals surface area contributed by atoms with Crippen molar-refractivity contribution >= 4 is 58.3 Å². The van der Waals surface area contributed by atoms with E-state index < -0.39 is 23.7 Å². The lowest BCUT2D eigenvalue weighted by atomic mass is 9.72. The van der Waals surface area contributed by atoms with Gasteiger partial charge in [0.25, 0.3) is 11.8 Å². The summed E-state index contributed by atoms with van der Waals surface area (Å²) in [7, 11) is 0. The molecule has 328 valence electrons. The minimum absolute atomic E-state index is 0.112. The molecule has 4 N–H and O–H groups in total. The second-order valence-corrected chi connectivity index (χ2v) is 16.7. The molecule has 4 amide bonds. The average Bonchev–Trinajstić information content (AvgIpc) is 3.80. The number of piperidine rings is 2. The third-order valence-electron chi connectivity index (χ3n) is 12.2. The number of imidazole rings is 1. The number of halogens is 2. The van der Waals surface area contributed by atoms with E-state index in [1.807, 2.05) is 10.5 Å². The highest BCUT2D eigenvalue weighted by molar-refractivity contribution is 6.30. The first-order valence-electron chi connectivity index (χ1n) is 20.9. The van der Waals surface area contributed by atoms with Crippen molar-refractivity contribution in [3.8, 4) is 17.0 Å². The summed E-state index contributed by atoms with van der Waals surface area (Å²) in [5, 5.41) is 5.37. The first-order valence-corrected chi connectivity index (χ1v) is 21.3. The average molecular weight is 881 g/mol. The topological polar surface area (TPSA) is 199 Å². The van der Waals surface area contributed by atoms with Crippen LogP contribution in [-0.2, 0) is 25.6 Å². The molecule has 5 aromatic rings. The number of anilines is 3. The first-order chi connectivity index (χ1) is 30.5. The lowest BCUT2D eigenvalue weighted by molar-refractivity contribution is -0.136. The maximum atomic E-state index is 15.8. The third kappa shape index (κ3) is 8.88. The second kappa shape index (κ2) is 17.9. The number of rotatable bonds is 15. The molecule has 3 fully saturated rings. The Labute approximate surface area is 366 Å². The zero-order valence-corrected chi connectivity index (χ0v) is 35.1. The third-order valence-corrected chi connectivity index (χ3v) is 12.4. The van der Waals surface area contributed by atoms with Gasteiger partial charge in [0.2, 0.25) is 17.8 Å². The van der Waals surface area contributed by atoms with Gasteiger partial charge in [0.15, 0.2) is 0 Å². The van der Waals surface area contributed by atoms with Crippen LogP contribution in [0.5, 0.6) is 5.75 Å². The molecule has 1 unspecified atom stereocenters. The van der Waals surface area contributed by atoms with Gasteiger partial charge in [0, 0.05) is 86.0 Å². The van der Waals surface area contributed by atoms with Gasteiger partial charge in [-0.2, -0.15) is 0 Å². The van der Waals surface area contributed by atoms with Gasteiger partial charge in [-0.1, -0.05) is 11.6 Å². The van der Waals surface area contributed by atoms with Gasteiger partial charge >= 0.3 is 0 Å². The van der Waals surface area contributed by atoms with Gasteiger partial charge in [0.05, 0.1) is 26.4 Å². The summed E-state index contributed by atoms with van der Waals surface area (Å²) >= 11 is 6.01. The molecular weight excluding hydrogens is 835 g/mol. The maximum absolute atomic E-state index is 15.8. The lowest BCUT2D eigenvalue weighted by Crippen LogP contribution is -2.61. The molecule has 7 heterocycles. The predicted octanol–water partition coefficient (Wildman–Crippen LogP) is 4.19. The molecule has 0 aliphatic carbocycles. The van der Waals surface area contributed by atoms with E-state index in [4.69, 9.17) is 36.5 Å². The Morgan fingerprint density at radius 3 is 2.51 bits per heavy atom. The molecule has 0 saturated carbocycles. The molecule has 0 bridgehead atoms. The van der Waals surface area contributed by atoms with E-state index in [9.17, 15) is 19.2 Å². The van der Waals surface area contributed by atoms with Crippen molar-refractivity contribution in [2.45, 2.75) is 38.3 Å². The van der Waals surface area contributed by atoms with Crippen LogP contribution in [0.1, 0.15) is 52.0 Å². The van der Waals surface area contributed by atoms with Crippen LogP contribution in [0.25, 0.3) is 16.8 Å². The zero-order valence-electron chi connectivity index (χ0n) is 34.4. The number of hydrogen-bond donors (Lipinski definition) is 3. The summed E-state index contributed by atoms with van der Waals surface area (Å²) in [6.07, 6.45) is 7.35. The van der Waals surface area contributed by atoms with Crippen LogP contribution in [0.15, 0.2) is 67.1 Å². The predicted molar refractivity (Wildman–Crippen MR) is 230 cm³/mol. The van der Waals surface area contributed by atoms with Gasteiger partial charge in [-0.25, -0.2) is 19.3 Å². The fourth-order valence-electron chi connectivity index (χ4n) is 8.90. The molecule has 2 aromatic carbocycles. The smallest absolute Gasteiger partial charge is 0.256 e. The number of ether oxygens (including phenoxy) is 3. The number of nitrogen functional groups attached to an aromatic ring is 1. The van der Waals surface area contributed by atoms with Gasteiger partial charge in [-0.05, 0) is 78.8 Å². The number of fused-ring (bicyclic) bond motifs is 2. The number of carbonyl (C=O) groups excluding carboxylic acids is 4. The molecule has 9 rings (SSSR count). The summed E-state index contributed by atoms with van der Waals surface area (Å²) in [5.41, 5.74) is 9.07. The van der Waals surface area contributed by atoms with Crippen molar-refractivity contribution in [1.29, 1.82) is 0 Å². The zero-order chi connectivity index (χ0) is 43.7. The molecule has 17 nitrogen and oxygen atoms in total. The number of carbonyl (C=O) groups is 4. The van der Waals surface area contributed by atoms with Crippen molar-refractivity contribution in [2.75, 3.05) is 81.7 Å². The molecule has 63 heavy (non-hydrogen) atoms. The highest BCUT2D eigenvalue weighted by Crippen LogP contribution is 2.42. The van der Waals surface area contributed by atoms with Crippen molar-refractivity contribution < 1.29 is 37.8 Å². The van der Waals surface area contributed by atoms with E-state index in [2.05, 4.69) is 30.4 Å². The Morgan fingerprint density at radius 1 is 0.952 bits per heavy atom.